The number of para-hydroxylation sites is 1. The summed E-state index contributed by atoms with van der Waals surface area (Å²) in [6, 6.07) is 17.0. The van der Waals surface area contributed by atoms with Crippen LogP contribution in [0.15, 0.2) is 59.4 Å². The molecule has 0 aliphatic carbocycles. The van der Waals surface area contributed by atoms with Crippen LogP contribution in [0.4, 0.5) is 5.69 Å². The van der Waals surface area contributed by atoms with Gasteiger partial charge < -0.3 is 10.0 Å². The number of phenols is 1. The van der Waals surface area contributed by atoms with Gasteiger partial charge >= 0.3 is 0 Å². The minimum atomic E-state index is -0.100. The molecule has 1 heterocycles. The molecule has 0 unspecified atom stereocenters. The Morgan fingerprint density at radius 3 is 2.35 bits per heavy atom. The molecule has 0 bridgehead atoms. The number of aromatic nitrogens is 2. The van der Waals surface area contributed by atoms with Crippen LogP contribution in [-0.2, 0) is 13.0 Å². The molecule has 1 aromatic heterocycles. The first-order valence-corrected chi connectivity index (χ1v) is 8.60. The van der Waals surface area contributed by atoms with E-state index in [2.05, 4.69) is 4.98 Å². The molecule has 3 rings (SSSR count). The average Bonchev–Trinajstić information content (AvgIpc) is 2.61. The van der Waals surface area contributed by atoms with E-state index in [-0.39, 0.29) is 11.3 Å². The quantitative estimate of drug-likeness (QED) is 0.768. The van der Waals surface area contributed by atoms with Gasteiger partial charge in [0, 0.05) is 20.6 Å². The topological polar surface area (TPSA) is 58.4 Å². The van der Waals surface area contributed by atoms with Crippen molar-refractivity contribution < 1.29 is 5.11 Å². The molecular weight excluding hydrogens is 326 g/mol. The third-order valence-corrected chi connectivity index (χ3v) is 4.38. The summed E-state index contributed by atoms with van der Waals surface area (Å²) in [5, 5.41) is 10.3. The van der Waals surface area contributed by atoms with E-state index in [1.165, 1.54) is 0 Å². The van der Waals surface area contributed by atoms with Gasteiger partial charge in [-0.1, -0.05) is 42.5 Å². The van der Waals surface area contributed by atoms with E-state index in [9.17, 15) is 9.90 Å². The molecule has 0 amide bonds. The molecule has 5 nitrogen and oxygen atoms in total. The molecule has 0 aliphatic rings. The minimum Gasteiger partial charge on any atom is -0.507 e. The van der Waals surface area contributed by atoms with Crippen LogP contribution >= 0.6 is 0 Å². The van der Waals surface area contributed by atoms with Gasteiger partial charge in [-0.3, -0.25) is 9.36 Å². The molecule has 1 N–H and O–H groups in total. The predicted molar refractivity (Wildman–Crippen MR) is 105 cm³/mol. The summed E-state index contributed by atoms with van der Waals surface area (Å²) in [6.45, 7) is 2.31. The van der Waals surface area contributed by atoms with E-state index in [0.29, 0.717) is 35.7 Å². The number of aromatic hydroxyl groups is 1. The van der Waals surface area contributed by atoms with Crippen molar-refractivity contribution in [3.05, 3.63) is 76.2 Å². The lowest BCUT2D eigenvalue weighted by Gasteiger charge is -2.20. The van der Waals surface area contributed by atoms with Crippen LogP contribution in [0.3, 0.4) is 0 Å². The van der Waals surface area contributed by atoms with E-state index in [0.717, 1.165) is 5.56 Å². The van der Waals surface area contributed by atoms with Crippen LogP contribution in [0, 0.1) is 6.92 Å². The van der Waals surface area contributed by atoms with E-state index >= 15 is 0 Å². The molecule has 0 saturated carbocycles. The van der Waals surface area contributed by atoms with Gasteiger partial charge in [-0.05, 0) is 31.0 Å². The van der Waals surface area contributed by atoms with Crippen molar-refractivity contribution in [2.75, 3.05) is 19.0 Å². The monoisotopic (exact) mass is 349 g/mol. The van der Waals surface area contributed by atoms with E-state index in [1.54, 1.807) is 27.7 Å². The standard InChI is InChI=1S/C21H23N3O2/c1-15-19(23(2)3)21(26)24(14-13-16-9-5-4-6-10-16)20(22-15)17-11-7-8-12-18(17)25/h4-12,25H,13-14H2,1-3H3. The highest BCUT2D eigenvalue weighted by Gasteiger charge is 2.18. The van der Waals surface area contributed by atoms with Gasteiger partial charge in [-0.2, -0.15) is 0 Å². The predicted octanol–water partition coefficient (Wildman–Crippen LogP) is 3.23. The lowest BCUT2D eigenvalue weighted by molar-refractivity contribution is 0.476. The Morgan fingerprint density at radius 1 is 1.04 bits per heavy atom. The van der Waals surface area contributed by atoms with Gasteiger partial charge in [0.05, 0.1) is 11.3 Å². The molecule has 0 saturated heterocycles. The smallest absolute Gasteiger partial charge is 0.277 e. The van der Waals surface area contributed by atoms with Crippen LogP contribution < -0.4 is 10.5 Å². The number of benzene rings is 2. The van der Waals surface area contributed by atoms with Gasteiger partial charge in [0.1, 0.15) is 17.3 Å². The Kier molecular flexibility index (Phi) is 5.07. The van der Waals surface area contributed by atoms with Crippen molar-refractivity contribution in [3.63, 3.8) is 0 Å². The Labute approximate surface area is 153 Å². The Balaban J connectivity index is 2.14. The second-order valence-electron chi connectivity index (χ2n) is 6.47. The van der Waals surface area contributed by atoms with E-state index in [1.807, 2.05) is 57.4 Å². The highest BCUT2D eigenvalue weighted by Crippen LogP contribution is 2.28. The number of hydrogen-bond acceptors (Lipinski definition) is 4. The highest BCUT2D eigenvalue weighted by molar-refractivity contribution is 5.65. The maximum atomic E-state index is 13.2. The molecular formula is C21H23N3O2. The summed E-state index contributed by atoms with van der Waals surface area (Å²) in [5.41, 5.74) is 2.82. The molecule has 3 aromatic rings. The maximum absolute atomic E-state index is 13.2. The summed E-state index contributed by atoms with van der Waals surface area (Å²) in [7, 11) is 3.68. The van der Waals surface area contributed by atoms with Gasteiger partial charge in [-0.25, -0.2) is 4.98 Å². The molecule has 0 radical (unpaired) electrons. The molecule has 0 fully saturated rings. The van der Waals surface area contributed by atoms with E-state index in [4.69, 9.17) is 0 Å². The highest BCUT2D eigenvalue weighted by atomic mass is 16.3. The molecule has 0 atom stereocenters. The zero-order valence-electron chi connectivity index (χ0n) is 15.3. The van der Waals surface area contributed by atoms with Crippen molar-refractivity contribution in [1.29, 1.82) is 0 Å². The fourth-order valence-corrected chi connectivity index (χ4v) is 3.13. The fourth-order valence-electron chi connectivity index (χ4n) is 3.13. The third-order valence-electron chi connectivity index (χ3n) is 4.38. The fraction of sp³-hybridized carbons (Fsp3) is 0.238. The lowest BCUT2D eigenvalue weighted by atomic mass is 10.1. The lowest BCUT2D eigenvalue weighted by Crippen LogP contribution is -2.31. The Morgan fingerprint density at radius 2 is 1.69 bits per heavy atom. The molecule has 5 heteroatoms. The average molecular weight is 349 g/mol. The summed E-state index contributed by atoms with van der Waals surface area (Å²) in [4.78, 5) is 19.6. The molecule has 0 spiro atoms. The number of nitrogens with zero attached hydrogens (tertiary/aromatic N) is 3. The number of anilines is 1. The summed E-state index contributed by atoms with van der Waals surface area (Å²) in [5.74, 6) is 0.608. The molecule has 134 valence electrons. The van der Waals surface area contributed by atoms with Crippen molar-refractivity contribution in [2.45, 2.75) is 19.9 Å². The number of hydrogen-bond donors (Lipinski definition) is 1. The van der Waals surface area contributed by atoms with Crippen molar-refractivity contribution in [3.8, 4) is 17.1 Å². The molecule has 26 heavy (non-hydrogen) atoms. The first kappa shape index (κ1) is 17.7. The van der Waals surface area contributed by atoms with Crippen molar-refractivity contribution in [1.82, 2.24) is 9.55 Å². The normalized spacial score (nSPS) is 10.7. The number of rotatable bonds is 5. The molecule has 2 aromatic carbocycles. The van der Waals surface area contributed by atoms with Gasteiger partial charge in [0.25, 0.3) is 5.56 Å². The first-order chi connectivity index (χ1) is 12.5. The Bertz CT molecular complexity index is 963. The Hall–Kier alpha value is -3.08. The van der Waals surface area contributed by atoms with Crippen LogP contribution in [0.5, 0.6) is 5.75 Å². The van der Waals surface area contributed by atoms with Crippen LogP contribution in [0.2, 0.25) is 0 Å². The summed E-state index contributed by atoms with van der Waals surface area (Å²) in [6.07, 6.45) is 0.707. The zero-order valence-corrected chi connectivity index (χ0v) is 15.3. The molecule has 0 aliphatic heterocycles. The van der Waals surface area contributed by atoms with Crippen LogP contribution in [0.25, 0.3) is 11.4 Å². The summed E-state index contributed by atoms with van der Waals surface area (Å²) >= 11 is 0. The van der Waals surface area contributed by atoms with Crippen LogP contribution in [-0.4, -0.2) is 28.8 Å². The third kappa shape index (κ3) is 3.47. The van der Waals surface area contributed by atoms with E-state index < -0.39 is 0 Å². The van der Waals surface area contributed by atoms with Crippen molar-refractivity contribution >= 4 is 5.69 Å². The first-order valence-electron chi connectivity index (χ1n) is 8.60. The number of aryl methyl sites for hydroxylation is 2. The summed E-state index contributed by atoms with van der Waals surface area (Å²) < 4.78 is 1.66. The zero-order chi connectivity index (χ0) is 18.7. The largest absolute Gasteiger partial charge is 0.507 e. The van der Waals surface area contributed by atoms with Crippen LogP contribution in [0.1, 0.15) is 11.3 Å². The van der Waals surface area contributed by atoms with Gasteiger partial charge in [0.15, 0.2) is 0 Å². The maximum Gasteiger partial charge on any atom is 0.277 e. The second-order valence-corrected chi connectivity index (χ2v) is 6.47. The number of phenolic OH excluding ortho intramolecular Hbond substituents is 1. The van der Waals surface area contributed by atoms with Gasteiger partial charge in [-0.15, -0.1) is 0 Å². The van der Waals surface area contributed by atoms with Gasteiger partial charge in [0.2, 0.25) is 0 Å². The van der Waals surface area contributed by atoms with Crippen molar-refractivity contribution in [2.24, 2.45) is 0 Å². The minimum absolute atomic E-state index is 0.100. The second kappa shape index (κ2) is 7.44. The SMILES string of the molecule is Cc1nc(-c2ccccc2O)n(CCc2ccccc2)c(=O)c1N(C)C.